The van der Waals surface area contributed by atoms with Gasteiger partial charge in [-0.1, -0.05) is 19.4 Å². The zero-order chi connectivity index (χ0) is 13.2. The van der Waals surface area contributed by atoms with Gasteiger partial charge in [0.25, 0.3) is 0 Å². The molecule has 18 heavy (non-hydrogen) atoms. The first-order valence-electron chi connectivity index (χ1n) is 6.28. The van der Waals surface area contributed by atoms with Crippen LogP contribution in [0.3, 0.4) is 0 Å². The Morgan fingerprint density at radius 2 is 2.00 bits per heavy atom. The number of epoxide rings is 2. The minimum atomic E-state index is -0.543. The second-order valence-electron chi connectivity index (χ2n) is 4.80. The minimum Gasteiger partial charge on any atom is -0.373 e. The normalized spacial score (nSPS) is 28.3. The molecule has 2 saturated heterocycles. The zero-order valence-electron chi connectivity index (χ0n) is 10.7. The van der Waals surface area contributed by atoms with Gasteiger partial charge in [0.2, 0.25) is 0 Å². The Bertz CT molecular complexity index is 412. The van der Waals surface area contributed by atoms with Crippen LogP contribution < -0.4 is 0 Å². The number of hydrogen-bond acceptors (Lipinski definition) is 2. The van der Waals surface area contributed by atoms with Crippen molar-refractivity contribution in [3.8, 4) is 0 Å². The lowest BCUT2D eigenvalue weighted by atomic mass is 9.95. The van der Waals surface area contributed by atoms with E-state index in [-0.39, 0.29) is 0 Å². The van der Waals surface area contributed by atoms with Crippen molar-refractivity contribution >= 4 is 0 Å². The lowest BCUT2D eigenvalue weighted by Crippen LogP contribution is -2.10. The predicted octanol–water partition coefficient (Wildman–Crippen LogP) is 3.40. The van der Waals surface area contributed by atoms with Crippen LogP contribution in [0.15, 0.2) is 18.2 Å². The third-order valence-corrected chi connectivity index (χ3v) is 3.07. The molecule has 4 heteroatoms. The molecular weight excluding hydrogens is 238 g/mol. The fraction of sp³-hybridized carbons (Fsp3) is 0.571. The van der Waals surface area contributed by atoms with E-state index >= 15 is 0 Å². The molecule has 0 amide bonds. The summed E-state index contributed by atoms with van der Waals surface area (Å²) in [5.74, 6) is -1.05. The van der Waals surface area contributed by atoms with E-state index in [1.54, 1.807) is 0 Å². The molecule has 2 fully saturated rings. The van der Waals surface area contributed by atoms with E-state index < -0.39 is 17.2 Å². The van der Waals surface area contributed by atoms with Crippen molar-refractivity contribution in [3.05, 3.63) is 35.4 Å². The van der Waals surface area contributed by atoms with E-state index in [1.165, 1.54) is 12.1 Å². The average molecular weight is 256 g/mol. The van der Waals surface area contributed by atoms with Crippen molar-refractivity contribution in [2.45, 2.75) is 38.4 Å². The van der Waals surface area contributed by atoms with E-state index in [2.05, 4.69) is 6.92 Å². The zero-order valence-corrected chi connectivity index (χ0v) is 10.7. The summed E-state index contributed by atoms with van der Waals surface area (Å²) in [4.78, 5) is 0. The average Bonchev–Trinajstić information content (AvgIpc) is 3.20. The molecule has 0 spiro atoms. The molecule has 2 unspecified atom stereocenters. The van der Waals surface area contributed by atoms with Gasteiger partial charge >= 0.3 is 0 Å². The number of rotatable bonds is 3. The summed E-state index contributed by atoms with van der Waals surface area (Å²) in [5, 5.41) is 0. The maximum atomic E-state index is 13.4. The van der Waals surface area contributed by atoms with Crippen LogP contribution >= 0.6 is 0 Å². The summed E-state index contributed by atoms with van der Waals surface area (Å²) in [7, 11) is 0. The molecule has 2 nitrogen and oxygen atoms in total. The van der Waals surface area contributed by atoms with Gasteiger partial charge in [0.05, 0.1) is 19.3 Å². The Balaban J connectivity index is 0.000000256. The van der Waals surface area contributed by atoms with Gasteiger partial charge in [0.15, 0.2) is 0 Å². The van der Waals surface area contributed by atoms with Gasteiger partial charge < -0.3 is 9.47 Å². The standard InChI is InChI=1S/C11H12F2O.C3H6O/c1-2-5-11(7-14-11)9-4-3-8(12)6-10(9)13;1-3-2-4-3/h3-4,6H,2,5,7H2,1H3;3H,2H2,1H3. The van der Waals surface area contributed by atoms with Crippen LogP contribution in [0.1, 0.15) is 32.3 Å². The molecule has 0 aromatic heterocycles. The van der Waals surface area contributed by atoms with E-state index in [9.17, 15) is 8.78 Å². The molecule has 0 N–H and O–H groups in total. The lowest BCUT2D eigenvalue weighted by Gasteiger charge is -2.11. The summed E-state index contributed by atoms with van der Waals surface area (Å²) in [6, 6.07) is 3.67. The maximum absolute atomic E-state index is 13.4. The van der Waals surface area contributed by atoms with Crippen molar-refractivity contribution in [2.24, 2.45) is 0 Å². The second-order valence-corrected chi connectivity index (χ2v) is 4.80. The number of ether oxygens (including phenoxy) is 2. The predicted molar refractivity (Wildman–Crippen MR) is 64.3 cm³/mol. The highest BCUT2D eigenvalue weighted by molar-refractivity contribution is 5.28. The van der Waals surface area contributed by atoms with Gasteiger partial charge in [-0.3, -0.25) is 0 Å². The van der Waals surface area contributed by atoms with Crippen molar-refractivity contribution < 1.29 is 18.3 Å². The lowest BCUT2D eigenvalue weighted by molar-refractivity contribution is 0.283. The van der Waals surface area contributed by atoms with E-state index in [4.69, 9.17) is 9.47 Å². The maximum Gasteiger partial charge on any atom is 0.132 e. The summed E-state index contributed by atoms with van der Waals surface area (Å²) in [5.41, 5.74) is 0.0211. The number of benzene rings is 1. The van der Waals surface area contributed by atoms with E-state index in [0.717, 1.165) is 25.5 Å². The van der Waals surface area contributed by atoms with E-state index in [0.29, 0.717) is 18.3 Å². The monoisotopic (exact) mass is 256 g/mol. The summed E-state index contributed by atoms with van der Waals surface area (Å²) in [6.07, 6.45) is 2.30. The Labute approximate surface area is 106 Å². The highest BCUT2D eigenvalue weighted by Gasteiger charge is 2.47. The SMILES string of the molecule is CC1CO1.CCCC1(c2ccc(F)cc2F)CO1. The molecule has 2 aliphatic rings. The van der Waals surface area contributed by atoms with Gasteiger partial charge in [-0.05, 0) is 19.4 Å². The van der Waals surface area contributed by atoms with E-state index in [1.807, 2.05) is 6.92 Å². The van der Waals surface area contributed by atoms with Gasteiger partial charge in [-0.2, -0.15) is 0 Å². The molecule has 1 aromatic rings. The quantitative estimate of drug-likeness (QED) is 0.774. The van der Waals surface area contributed by atoms with Crippen LogP contribution in [0.25, 0.3) is 0 Å². The Kier molecular flexibility index (Phi) is 3.97. The Hall–Kier alpha value is -1.00. The Morgan fingerprint density at radius 3 is 2.39 bits per heavy atom. The Morgan fingerprint density at radius 1 is 1.39 bits per heavy atom. The fourth-order valence-corrected chi connectivity index (χ4v) is 1.88. The van der Waals surface area contributed by atoms with Crippen LogP contribution in [0, 0.1) is 11.6 Å². The van der Waals surface area contributed by atoms with Crippen molar-refractivity contribution in [2.75, 3.05) is 13.2 Å². The molecule has 1 aromatic carbocycles. The minimum absolute atomic E-state index is 0.466. The summed E-state index contributed by atoms with van der Waals surface area (Å²) < 4.78 is 36.0. The molecule has 0 aliphatic carbocycles. The van der Waals surface area contributed by atoms with Gasteiger partial charge in [-0.15, -0.1) is 0 Å². The third-order valence-electron chi connectivity index (χ3n) is 3.07. The van der Waals surface area contributed by atoms with Gasteiger partial charge in [-0.25, -0.2) is 8.78 Å². The van der Waals surface area contributed by atoms with Gasteiger partial charge in [0.1, 0.15) is 17.2 Å². The van der Waals surface area contributed by atoms with Gasteiger partial charge in [0, 0.05) is 11.6 Å². The largest absolute Gasteiger partial charge is 0.373 e. The molecule has 0 radical (unpaired) electrons. The van der Waals surface area contributed by atoms with Crippen LogP contribution in [0.4, 0.5) is 8.78 Å². The van der Waals surface area contributed by atoms with Crippen molar-refractivity contribution in [1.29, 1.82) is 0 Å². The molecule has 0 saturated carbocycles. The molecule has 2 heterocycles. The number of hydrogen-bond donors (Lipinski definition) is 0. The first kappa shape index (κ1) is 13.4. The van der Waals surface area contributed by atoms with Crippen LogP contribution in [-0.2, 0) is 15.1 Å². The first-order valence-corrected chi connectivity index (χ1v) is 6.28. The molecular formula is C14H18F2O2. The second kappa shape index (κ2) is 5.33. The molecule has 0 bridgehead atoms. The summed E-state index contributed by atoms with van der Waals surface area (Å²) in [6.45, 7) is 5.61. The number of halogens is 2. The van der Waals surface area contributed by atoms with Crippen LogP contribution in [0.2, 0.25) is 0 Å². The first-order chi connectivity index (χ1) is 8.57. The molecule has 100 valence electrons. The molecule has 2 aliphatic heterocycles. The smallest absolute Gasteiger partial charge is 0.132 e. The summed E-state index contributed by atoms with van der Waals surface area (Å²) >= 11 is 0. The fourth-order valence-electron chi connectivity index (χ4n) is 1.88. The highest BCUT2D eigenvalue weighted by atomic mass is 19.1. The van der Waals surface area contributed by atoms with Crippen LogP contribution in [-0.4, -0.2) is 19.3 Å². The topological polar surface area (TPSA) is 25.1 Å². The molecule has 3 rings (SSSR count). The molecule has 2 atom stereocenters. The highest BCUT2D eigenvalue weighted by Crippen LogP contribution is 2.43. The van der Waals surface area contributed by atoms with Crippen LogP contribution in [0.5, 0.6) is 0 Å². The third kappa shape index (κ3) is 3.27. The van der Waals surface area contributed by atoms with Crippen molar-refractivity contribution in [1.82, 2.24) is 0 Å². The van der Waals surface area contributed by atoms with Crippen molar-refractivity contribution in [3.63, 3.8) is 0 Å².